The Morgan fingerprint density at radius 1 is 0.824 bits per heavy atom. The van der Waals surface area contributed by atoms with E-state index in [2.05, 4.69) is 20.8 Å². The molecule has 4 unspecified atom stereocenters. The van der Waals surface area contributed by atoms with Crippen molar-refractivity contribution >= 4 is 23.7 Å². The van der Waals surface area contributed by atoms with Gasteiger partial charge >= 0.3 is 17.9 Å². The molecule has 190 valence electrons. The van der Waals surface area contributed by atoms with E-state index in [1.165, 1.54) is 20.8 Å². The van der Waals surface area contributed by atoms with Crippen molar-refractivity contribution in [2.75, 3.05) is 0 Å². The lowest BCUT2D eigenvalue weighted by molar-refractivity contribution is -0.234. The number of Topliss-reactive ketones (excluding diaryl/α,β-unsaturated/α-hetero) is 1. The molecule has 0 saturated heterocycles. The summed E-state index contributed by atoms with van der Waals surface area (Å²) in [6.45, 7) is 10.7. The Labute approximate surface area is 202 Å². The molecule has 4 aliphatic rings. The lowest BCUT2D eigenvalue weighted by Crippen LogP contribution is -2.64. The fraction of sp³-hybridized carbons (Fsp3) is 0.852. The summed E-state index contributed by atoms with van der Waals surface area (Å²) in [7, 11) is 0. The summed E-state index contributed by atoms with van der Waals surface area (Å²) in [6.07, 6.45) is 3.79. The SMILES string of the molecule is CC[C@H]1C(=O)CC2C3CCC4[C@@H](OC(C)=O)[C@H](OC(C)=O)[C@H](OC(C)=O)C[C@]4(C)C3CC[C@@]21C. The standard InChI is InChI=1S/C27H40O7/c1-7-18-22(31)12-21-17-8-9-20-24(33-15(3)29)25(34-16(4)30)23(32-14(2)28)13-27(20,6)19(17)10-11-26(18,21)5/h17-21,23-25H,7-13H2,1-6H3/t17?,18-,19?,20?,21?,23+,24+,25+,26+,27+/m0/s1. The highest BCUT2D eigenvalue weighted by Crippen LogP contribution is 2.67. The van der Waals surface area contributed by atoms with Crippen LogP contribution in [0.2, 0.25) is 0 Å². The molecule has 0 spiro atoms. The zero-order valence-electron chi connectivity index (χ0n) is 21.4. The van der Waals surface area contributed by atoms with Gasteiger partial charge in [-0.3, -0.25) is 19.2 Å². The first-order valence-corrected chi connectivity index (χ1v) is 13.0. The van der Waals surface area contributed by atoms with Gasteiger partial charge in [-0.25, -0.2) is 0 Å². The number of ketones is 1. The Hall–Kier alpha value is -1.92. The van der Waals surface area contributed by atoms with Crippen LogP contribution in [-0.4, -0.2) is 42.0 Å². The third-order valence-electron chi connectivity index (χ3n) is 10.0. The Kier molecular flexibility index (Phi) is 6.62. The molecule has 0 amide bonds. The van der Waals surface area contributed by atoms with Gasteiger partial charge in [-0.05, 0) is 67.1 Å². The number of rotatable bonds is 4. The molecule has 4 fully saturated rings. The van der Waals surface area contributed by atoms with Crippen LogP contribution >= 0.6 is 0 Å². The zero-order chi connectivity index (χ0) is 25.0. The average molecular weight is 477 g/mol. The highest BCUT2D eigenvalue weighted by Gasteiger charge is 2.65. The number of hydrogen-bond donors (Lipinski definition) is 0. The van der Waals surface area contributed by atoms with E-state index < -0.39 is 36.2 Å². The number of carbonyl (C=O) groups excluding carboxylic acids is 4. The topological polar surface area (TPSA) is 96.0 Å². The summed E-state index contributed by atoms with van der Waals surface area (Å²) in [6, 6.07) is 0. The van der Waals surface area contributed by atoms with Crippen LogP contribution in [-0.2, 0) is 33.4 Å². The van der Waals surface area contributed by atoms with Crippen molar-refractivity contribution < 1.29 is 33.4 Å². The van der Waals surface area contributed by atoms with Crippen LogP contribution in [0, 0.1) is 40.4 Å². The summed E-state index contributed by atoms with van der Waals surface area (Å²) in [4.78, 5) is 49.0. The molecule has 0 aliphatic heterocycles. The molecule has 0 N–H and O–H groups in total. The molecule has 0 radical (unpaired) electrons. The van der Waals surface area contributed by atoms with Gasteiger partial charge in [0.2, 0.25) is 0 Å². The van der Waals surface area contributed by atoms with Gasteiger partial charge in [0.1, 0.15) is 18.0 Å². The van der Waals surface area contributed by atoms with E-state index in [4.69, 9.17) is 14.2 Å². The van der Waals surface area contributed by atoms with E-state index in [-0.39, 0.29) is 22.7 Å². The molecule has 4 saturated carbocycles. The Balaban J connectivity index is 1.71. The summed E-state index contributed by atoms with van der Waals surface area (Å²) in [5.74, 6) is 0.316. The Morgan fingerprint density at radius 3 is 2.03 bits per heavy atom. The molecule has 0 heterocycles. The van der Waals surface area contributed by atoms with Gasteiger partial charge in [0.15, 0.2) is 6.10 Å². The quantitative estimate of drug-likeness (QED) is 0.442. The van der Waals surface area contributed by atoms with E-state index in [0.29, 0.717) is 36.4 Å². The van der Waals surface area contributed by atoms with Crippen LogP contribution in [0.4, 0.5) is 0 Å². The van der Waals surface area contributed by atoms with Crippen LogP contribution in [0.3, 0.4) is 0 Å². The van der Waals surface area contributed by atoms with Crippen LogP contribution < -0.4 is 0 Å². The van der Waals surface area contributed by atoms with Gasteiger partial charge in [0.25, 0.3) is 0 Å². The molecule has 0 bridgehead atoms. The van der Waals surface area contributed by atoms with Crippen molar-refractivity contribution in [2.45, 2.75) is 105 Å². The van der Waals surface area contributed by atoms with E-state index in [1.807, 2.05) is 0 Å². The summed E-state index contributed by atoms with van der Waals surface area (Å²) in [5.41, 5.74) is -0.204. The van der Waals surface area contributed by atoms with Crippen molar-refractivity contribution in [1.29, 1.82) is 0 Å². The fourth-order valence-corrected chi connectivity index (χ4v) is 8.90. The molecule has 0 aromatic rings. The average Bonchev–Trinajstić information content (AvgIpc) is 2.98. The Morgan fingerprint density at radius 2 is 1.44 bits per heavy atom. The van der Waals surface area contributed by atoms with Crippen molar-refractivity contribution in [3.05, 3.63) is 0 Å². The third kappa shape index (κ3) is 3.97. The highest BCUT2D eigenvalue weighted by molar-refractivity contribution is 5.84. The molecular weight excluding hydrogens is 436 g/mol. The smallest absolute Gasteiger partial charge is 0.303 e. The summed E-state index contributed by atoms with van der Waals surface area (Å²) >= 11 is 0. The van der Waals surface area contributed by atoms with Crippen LogP contribution in [0.5, 0.6) is 0 Å². The molecule has 0 aromatic heterocycles. The van der Waals surface area contributed by atoms with Gasteiger partial charge in [-0.2, -0.15) is 0 Å². The molecule has 34 heavy (non-hydrogen) atoms. The minimum atomic E-state index is -0.814. The van der Waals surface area contributed by atoms with Crippen LogP contribution in [0.15, 0.2) is 0 Å². The molecule has 4 rings (SSSR count). The lowest BCUT2D eigenvalue weighted by atomic mass is 9.44. The maximum atomic E-state index is 12.9. The highest BCUT2D eigenvalue weighted by atomic mass is 16.6. The Bertz CT molecular complexity index is 867. The first kappa shape index (κ1) is 25.2. The molecule has 0 aromatic carbocycles. The first-order chi connectivity index (χ1) is 15.9. The zero-order valence-corrected chi connectivity index (χ0v) is 21.4. The number of carbonyl (C=O) groups is 4. The van der Waals surface area contributed by atoms with Gasteiger partial charge in [-0.15, -0.1) is 0 Å². The second kappa shape index (κ2) is 8.94. The maximum absolute atomic E-state index is 12.9. The van der Waals surface area contributed by atoms with Gasteiger partial charge in [-0.1, -0.05) is 20.8 Å². The van der Waals surface area contributed by atoms with Crippen molar-refractivity contribution in [3.63, 3.8) is 0 Å². The van der Waals surface area contributed by atoms with E-state index in [0.717, 1.165) is 32.1 Å². The van der Waals surface area contributed by atoms with Crippen molar-refractivity contribution in [1.82, 2.24) is 0 Å². The van der Waals surface area contributed by atoms with E-state index in [9.17, 15) is 19.2 Å². The first-order valence-electron chi connectivity index (χ1n) is 13.0. The van der Waals surface area contributed by atoms with Crippen LogP contribution in [0.1, 0.15) is 86.5 Å². The molecule has 7 heteroatoms. The van der Waals surface area contributed by atoms with Crippen molar-refractivity contribution in [3.8, 4) is 0 Å². The predicted octanol–water partition coefficient (Wildman–Crippen LogP) is 4.25. The lowest BCUT2D eigenvalue weighted by Gasteiger charge is -2.62. The minimum absolute atomic E-state index is 0.00255. The maximum Gasteiger partial charge on any atom is 0.303 e. The monoisotopic (exact) mass is 476 g/mol. The molecule has 7 nitrogen and oxygen atoms in total. The number of hydrogen-bond acceptors (Lipinski definition) is 7. The van der Waals surface area contributed by atoms with Crippen LogP contribution in [0.25, 0.3) is 0 Å². The third-order valence-corrected chi connectivity index (χ3v) is 10.0. The molecule has 10 atom stereocenters. The normalized spacial score (nSPS) is 45.4. The van der Waals surface area contributed by atoms with Gasteiger partial charge in [0.05, 0.1) is 0 Å². The van der Waals surface area contributed by atoms with E-state index in [1.54, 1.807) is 0 Å². The van der Waals surface area contributed by atoms with E-state index >= 15 is 0 Å². The van der Waals surface area contributed by atoms with Gasteiger partial charge < -0.3 is 14.2 Å². The number of ether oxygens (including phenoxy) is 3. The molecular formula is C27H40O7. The second-order valence-corrected chi connectivity index (χ2v) is 11.7. The number of esters is 3. The second-order valence-electron chi connectivity index (χ2n) is 11.7. The number of fused-ring (bicyclic) bond motifs is 5. The minimum Gasteiger partial charge on any atom is -0.458 e. The van der Waals surface area contributed by atoms with Gasteiger partial charge in [0, 0.05) is 39.0 Å². The summed E-state index contributed by atoms with van der Waals surface area (Å²) < 4.78 is 17.2. The predicted molar refractivity (Wildman–Crippen MR) is 123 cm³/mol. The largest absolute Gasteiger partial charge is 0.458 e. The van der Waals surface area contributed by atoms with Crippen molar-refractivity contribution in [2.24, 2.45) is 40.4 Å². The summed E-state index contributed by atoms with van der Waals surface area (Å²) in [5, 5.41) is 0. The fourth-order valence-electron chi connectivity index (χ4n) is 8.90. The molecule has 4 aliphatic carbocycles.